The maximum Gasteiger partial charge on any atom is 0.418 e. The zero-order valence-electron chi connectivity index (χ0n) is 7.38. The van der Waals surface area contributed by atoms with Crippen LogP contribution < -0.4 is 5.73 Å². The van der Waals surface area contributed by atoms with Crippen LogP contribution in [-0.2, 0) is 12.4 Å². The Morgan fingerprint density at radius 3 is 1.44 bits per heavy atom. The second-order valence-electron chi connectivity index (χ2n) is 2.91. The number of hydrogen-bond donors (Lipinski definition) is 1. The van der Waals surface area contributed by atoms with Crippen molar-refractivity contribution in [2.75, 3.05) is 5.73 Å². The SMILES string of the molecule is Nc1c(C(F)(F)F)cc(Br)cc1C(F)(F)F. The first-order chi connectivity index (χ1) is 7.03. The predicted molar refractivity (Wildman–Crippen MR) is 48.6 cm³/mol. The second kappa shape index (κ2) is 3.83. The lowest BCUT2D eigenvalue weighted by atomic mass is 10.1. The summed E-state index contributed by atoms with van der Waals surface area (Å²) in [5.74, 6) is 0. The monoisotopic (exact) mass is 307 g/mol. The van der Waals surface area contributed by atoms with E-state index in [9.17, 15) is 26.3 Å². The summed E-state index contributed by atoms with van der Waals surface area (Å²) in [7, 11) is 0. The van der Waals surface area contributed by atoms with Crippen molar-refractivity contribution >= 4 is 21.6 Å². The number of nitrogens with two attached hydrogens (primary N) is 1. The molecule has 0 heterocycles. The number of hydrogen-bond acceptors (Lipinski definition) is 1. The highest BCUT2D eigenvalue weighted by Crippen LogP contribution is 2.42. The van der Waals surface area contributed by atoms with Gasteiger partial charge in [0, 0.05) is 4.47 Å². The molecule has 8 heteroatoms. The summed E-state index contributed by atoms with van der Waals surface area (Å²) in [5.41, 5.74) is 0.536. The van der Waals surface area contributed by atoms with Crippen LogP contribution in [0.25, 0.3) is 0 Å². The Kier molecular flexibility index (Phi) is 3.15. The zero-order chi connectivity index (χ0) is 12.7. The Bertz CT molecular complexity index is 373. The fourth-order valence-electron chi connectivity index (χ4n) is 1.09. The molecule has 0 aromatic heterocycles. The lowest BCUT2D eigenvalue weighted by molar-refractivity contribution is -0.141. The predicted octanol–water partition coefficient (Wildman–Crippen LogP) is 4.07. The van der Waals surface area contributed by atoms with Gasteiger partial charge in [0.1, 0.15) is 0 Å². The molecule has 0 atom stereocenters. The molecule has 0 spiro atoms. The maximum atomic E-state index is 12.3. The molecule has 90 valence electrons. The molecular formula is C8H4BrF6N. The van der Waals surface area contributed by atoms with Gasteiger partial charge < -0.3 is 5.73 Å². The van der Waals surface area contributed by atoms with Crippen molar-refractivity contribution in [3.8, 4) is 0 Å². The maximum absolute atomic E-state index is 12.3. The normalized spacial score (nSPS) is 12.9. The van der Waals surface area contributed by atoms with E-state index in [0.717, 1.165) is 0 Å². The molecule has 0 saturated heterocycles. The molecule has 1 rings (SSSR count). The third-order valence-corrected chi connectivity index (χ3v) is 2.21. The van der Waals surface area contributed by atoms with Gasteiger partial charge in [0.05, 0.1) is 16.8 Å². The molecular weight excluding hydrogens is 304 g/mol. The second-order valence-corrected chi connectivity index (χ2v) is 3.83. The lowest BCUT2D eigenvalue weighted by Gasteiger charge is -2.16. The van der Waals surface area contributed by atoms with Gasteiger partial charge in [-0.2, -0.15) is 26.3 Å². The van der Waals surface area contributed by atoms with E-state index in [4.69, 9.17) is 5.73 Å². The van der Waals surface area contributed by atoms with Gasteiger partial charge in [0.2, 0.25) is 0 Å². The average Bonchev–Trinajstić information content (AvgIpc) is 2.04. The van der Waals surface area contributed by atoms with Crippen molar-refractivity contribution < 1.29 is 26.3 Å². The van der Waals surface area contributed by atoms with Gasteiger partial charge in [0.25, 0.3) is 0 Å². The first-order valence-electron chi connectivity index (χ1n) is 3.77. The largest absolute Gasteiger partial charge is 0.418 e. The number of rotatable bonds is 0. The lowest BCUT2D eigenvalue weighted by Crippen LogP contribution is -2.15. The quantitative estimate of drug-likeness (QED) is 0.567. The van der Waals surface area contributed by atoms with Crippen molar-refractivity contribution in [1.29, 1.82) is 0 Å². The molecule has 0 aliphatic rings. The van der Waals surface area contributed by atoms with Crippen LogP contribution in [0.3, 0.4) is 0 Å². The first kappa shape index (κ1) is 13.1. The zero-order valence-corrected chi connectivity index (χ0v) is 8.96. The van der Waals surface area contributed by atoms with Crippen LogP contribution in [-0.4, -0.2) is 0 Å². The van der Waals surface area contributed by atoms with Crippen molar-refractivity contribution in [3.63, 3.8) is 0 Å². The fraction of sp³-hybridized carbons (Fsp3) is 0.250. The van der Waals surface area contributed by atoms with Gasteiger partial charge >= 0.3 is 12.4 Å². The molecule has 0 aliphatic carbocycles. The average molecular weight is 308 g/mol. The van der Waals surface area contributed by atoms with Crippen molar-refractivity contribution in [2.24, 2.45) is 0 Å². The van der Waals surface area contributed by atoms with E-state index in [2.05, 4.69) is 15.9 Å². The van der Waals surface area contributed by atoms with Crippen LogP contribution in [0.4, 0.5) is 32.0 Å². The van der Waals surface area contributed by atoms with Crippen molar-refractivity contribution in [3.05, 3.63) is 27.7 Å². The summed E-state index contributed by atoms with van der Waals surface area (Å²) in [4.78, 5) is 0. The highest BCUT2D eigenvalue weighted by atomic mass is 79.9. The summed E-state index contributed by atoms with van der Waals surface area (Å²) >= 11 is 2.58. The molecule has 2 N–H and O–H groups in total. The molecule has 0 saturated carbocycles. The van der Waals surface area contributed by atoms with Crippen LogP contribution in [0.1, 0.15) is 11.1 Å². The van der Waals surface area contributed by atoms with Crippen molar-refractivity contribution in [1.82, 2.24) is 0 Å². The van der Waals surface area contributed by atoms with E-state index < -0.39 is 29.2 Å². The van der Waals surface area contributed by atoms with Crippen molar-refractivity contribution in [2.45, 2.75) is 12.4 Å². The van der Waals surface area contributed by atoms with Crippen LogP contribution in [0, 0.1) is 0 Å². The minimum atomic E-state index is -4.92. The summed E-state index contributed by atoms with van der Waals surface area (Å²) in [6.45, 7) is 0. The Balaban J connectivity index is 3.51. The molecule has 0 unspecified atom stereocenters. The van der Waals surface area contributed by atoms with Crippen LogP contribution in [0.15, 0.2) is 16.6 Å². The van der Waals surface area contributed by atoms with Crippen LogP contribution >= 0.6 is 15.9 Å². The third-order valence-electron chi connectivity index (χ3n) is 1.76. The van der Waals surface area contributed by atoms with E-state index in [1.807, 2.05) is 0 Å². The topological polar surface area (TPSA) is 26.0 Å². The Labute approximate surface area is 94.4 Å². The number of halogens is 7. The molecule has 16 heavy (non-hydrogen) atoms. The van der Waals surface area contributed by atoms with Gasteiger partial charge in [-0.1, -0.05) is 15.9 Å². The van der Waals surface area contributed by atoms with E-state index in [0.29, 0.717) is 12.1 Å². The summed E-state index contributed by atoms with van der Waals surface area (Å²) in [6, 6.07) is 1.01. The minimum absolute atomic E-state index is 0.332. The van der Waals surface area contributed by atoms with E-state index >= 15 is 0 Å². The molecule has 0 bridgehead atoms. The van der Waals surface area contributed by atoms with Gasteiger partial charge in [-0.15, -0.1) is 0 Å². The van der Waals surface area contributed by atoms with Gasteiger partial charge in [-0.25, -0.2) is 0 Å². The first-order valence-corrected chi connectivity index (χ1v) is 4.56. The highest BCUT2D eigenvalue weighted by molar-refractivity contribution is 9.10. The molecule has 1 aromatic carbocycles. The molecule has 1 aromatic rings. The van der Waals surface area contributed by atoms with Gasteiger partial charge in [-0.3, -0.25) is 0 Å². The number of anilines is 1. The molecule has 1 nitrogen and oxygen atoms in total. The Morgan fingerprint density at radius 2 is 1.19 bits per heavy atom. The highest BCUT2D eigenvalue weighted by Gasteiger charge is 2.40. The smallest absolute Gasteiger partial charge is 0.398 e. The summed E-state index contributed by atoms with van der Waals surface area (Å²) in [6.07, 6.45) is -9.85. The molecule has 0 fully saturated rings. The molecule has 0 radical (unpaired) electrons. The molecule has 0 aliphatic heterocycles. The van der Waals surface area contributed by atoms with E-state index in [-0.39, 0.29) is 4.47 Å². The van der Waals surface area contributed by atoms with Gasteiger partial charge in [-0.05, 0) is 12.1 Å². The number of nitrogen functional groups attached to an aromatic ring is 1. The summed E-state index contributed by atoms with van der Waals surface area (Å²) < 4.78 is 73.6. The Morgan fingerprint density at radius 1 is 0.875 bits per heavy atom. The standard InChI is InChI=1S/C8H4BrF6N/c9-3-1-4(7(10,11)12)6(16)5(2-3)8(13,14)15/h1-2H,16H2. The number of benzene rings is 1. The van der Waals surface area contributed by atoms with Gasteiger partial charge in [0.15, 0.2) is 0 Å². The number of alkyl halides is 6. The Hall–Kier alpha value is -0.920. The van der Waals surface area contributed by atoms with Crippen LogP contribution in [0.5, 0.6) is 0 Å². The van der Waals surface area contributed by atoms with E-state index in [1.165, 1.54) is 0 Å². The minimum Gasteiger partial charge on any atom is -0.398 e. The summed E-state index contributed by atoms with van der Waals surface area (Å²) in [5, 5.41) is 0. The fourth-order valence-corrected chi connectivity index (χ4v) is 1.54. The van der Waals surface area contributed by atoms with E-state index in [1.54, 1.807) is 0 Å². The molecule has 0 amide bonds. The third kappa shape index (κ3) is 2.60. The van der Waals surface area contributed by atoms with Crippen LogP contribution in [0.2, 0.25) is 0 Å².